The molecule has 8 heteroatoms. The molecule has 0 saturated carbocycles. The lowest BCUT2D eigenvalue weighted by atomic mass is 10.0. The summed E-state index contributed by atoms with van der Waals surface area (Å²) in [5.41, 5.74) is 0.501. The van der Waals surface area contributed by atoms with E-state index in [1.54, 1.807) is 39.2 Å². The smallest absolute Gasteiger partial charge is 0.418 e. The van der Waals surface area contributed by atoms with Gasteiger partial charge in [0.25, 0.3) is 11.8 Å². The fourth-order valence-electron chi connectivity index (χ4n) is 3.71. The summed E-state index contributed by atoms with van der Waals surface area (Å²) in [6, 6.07) is 2.97. The van der Waals surface area contributed by atoms with E-state index in [-0.39, 0.29) is 23.8 Å². The third-order valence-corrected chi connectivity index (χ3v) is 5.09. The second-order valence-corrected chi connectivity index (χ2v) is 9.44. The number of amides is 3. The predicted molar refractivity (Wildman–Crippen MR) is 112 cm³/mol. The van der Waals surface area contributed by atoms with E-state index in [1.165, 1.54) is 6.26 Å². The lowest BCUT2D eigenvalue weighted by Gasteiger charge is -2.28. The van der Waals surface area contributed by atoms with Gasteiger partial charge >= 0.3 is 6.09 Å². The fourth-order valence-corrected chi connectivity index (χ4v) is 3.71. The molecule has 4 heterocycles. The topological polar surface area (TPSA) is 102 Å². The molecule has 0 aromatic carbocycles. The first kappa shape index (κ1) is 22.7. The highest BCUT2D eigenvalue weighted by Gasteiger charge is 2.46. The van der Waals surface area contributed by atoms with E-state index in [4.69, 9.17) is 13.6 Å². The van der Waals surface area contributed by atoms with Gasteiger partial charge in [-0.25, -0.2) is 9.69 Å². The molecular formula is C23H30N2O6. The first-order valence-electron chi connectivity index (χ1n) is 10.4. The second kappa shape index (κ2) is 8.24. The molecular weight excluding hydrogens is 400 g/mol. The van der Waals surface area contributed by atoms with E-state index in [2.05, 4.69) is 19.2 Å². The molecule has 2 aliphatic heterocycles. The molecule has 4 rings (SSSR count). The zero-order valence-electron chi connectivity index (χ0n) is 19.0. The van der Waals surface area contributed by atoms with Crippen LogP contribution in [0.2, 0.25) is 0 Å². The van der Waals surface area contributed by atoms with E-state index in [9.17, 15) is 14.4 Å². The average molecular weight is 431 g/mol. The Morgan fingerprint density at radius 1 is 1.00 bits per heavy atom. The molecule has 0 fully saturated rings. The minimum absolute atomic E-state index is 0.0162. The molecule has 2 aromatic rings. The zero-order valence-corrected chi connectivity index (χ0v) is 19.0. The van der Waals surface area contributed by atoms with Gasteiger partial charge < -0.3 is 18.9 Å². The summed E-state index contributed by atoms with van der Waals surface area (Å²) in [6.45, 7) is 13.3. The van der Waals surface area contributed by atoms with Crippen molar-refractivity contribution in [2.75, 3.05) is 0 Å². The van der Waals surface area contributed by atoms with Crippen molar-refractivity contribution < 1.29 is 28.0 Å². The Bertz CT molecular complexity index is 978. The summed E-state index contributed by atoms with van der Waals surface area (Å²) in [5.74, 6) is 1.40. The number of hydrogen-bond donors (Lipinski definition) is 1. The Morgan fingerprint density at radius 3 is 2.13 bits per heavy atom. The number of hydrogen-bond acceptors (Lipinski definition) is 6. The van der Waals surface area contributed by atoms with Crippen LogP contribution in [-0.2, 0) is 4.74 Å². The molecule has 0 radical (unpaired) electrons. The van der Waals surface area contributed by atoms with Crippen molar-refractivity contribution in [2.45, 2.75) is 66.2 Å². The van der Waals surface area contributed by atoms with Crippen LogP contribution in [0.25, 0.3) is 0 Å². The number of carbonyl (C=O) groups is 3. The molecule has 168 valence electrons. The van der Waals surface area contributed by atoms with Crippen molar-refractivity contribution in [2.24, 2.45) is 11.8 Å². The van der Waals surface area contributed by atoms with Crippen molar-refractivity contribution in [3.8, 4) is 0 Å². The van der Waals surface area contributed by atoms with Crippen LogP contribution in [0.1, 0.15) is 92.8 Å². The predicted octanol–water partition coefficient (Wildman–Crippen LogP) is 5.09. The summed E-state index contributed by atoms with van der Waals surface area (Å²) in [5, 5.41) is 2.87. The maximum absolute atomic E-state index is 12.3. The maximum Gasteiger partial charge on any atom is 0.418 e. The highest BCUT2D eigenvalue weighted by molar-refractivity contribution is 6.06. The minimum Gasteiger partial charge on any atom is -0.466 e. The fraction of sp³-hybridized carbons (Fsp3) is 0.522. The van der Waals surface area contributed by atoms with E-state index in [1.807, 2.05) is 13.8 Å². The van der Waals surface area contributed by atoms with Crippen molar-refractivity contribution in [1.29, 1.82) is 0 Å². The van der Waals surface area contributed by atoms with Crippen LogP contribution < -0.4 is 5.32 Å². The van der Waals surface area contributed by atoms with Crippen LogP contribution in [0, 0.1) is 11.8 Å². The molecule has 0 aliphatic carbocycles. The molecule has 2 unspecified atom stereocenters. The number of ether oxygens (including phenoxy) is 1. The van der Waals surface area contributed by atoms with Gasteiger partial charge in [0, 0.05) is 0 Å². The van der Waals surface area contributed by atoms with Gasteiger partial charge in [-0.1, -0.05) is 27.7 Å². The molecule has 1 N–H and O–H groups in total. The van der Waals surface area contributed by atoms with E-state index < -0.39 is 17.7 Å². The molecule has 0 bridgehead atoms. The van der Waals surface area contributed by atoms with E-state index in [0.717, 1.165) is 10.7 Å². The van der Waals surface area contributed by atoms with Crippen molar-refractivity contribution >= 4 is 17.9 Å². The highest BCUT2D eigenvalue weighted by atomic mass is 16.6. The standard InChI is InChI=1S/C14H19NO4.C9H11NO2/c1-8(2)10-11-9(6-7-18-11)12(16)15(10)13(17)19-14(3,4)5;1-5(2)7-8-6(3-4-12-8)9(11)10-7/h6-8,10H,1-5H3;3-5,7H,1-2H3,(H,10,11). The molecule has 0 saturated heterocycles. The van der Waals surface area contributed by atoms with Crippen LogP contribution in [0.15, 0.2) is 33.5 Å². The largest absolute Gasteiger partial charge is 0.466 e. The van der Waals surface area contributed by atoms with Gasteiger partial charge in [0.05, 0.1) is 29.7 Å². The molecule has 0 spiro atoms. The van der Waals surface area contributed by atoms with E-state index in [0.29, 0.717) is 22.8 Å². The molecule has 2 aromatic heterocycles. The van der Waals surface area contributed by atoms with Crippen molar-refractivity contribution in [3.63, 3.8) is 0 Å². The first-order chi connectivity index (χ1) is 14.4. The number of nitrogens with zero attached hydrogens (tertiary/aromatic N) is 1. The van der Waals surface area contributed by atoms with Crippen LogP contribution in [0.4, 0.5) is 4.79 Å². The second-order valence-electron chi connectivity index (χ2n) is 9.44. The third-order valence-electron chi connectivity index (χ3n) is 5.09. The van der Waals surface area contributed by atoms with Gasteiger partial charge in [0.1, 0.15) is 23.2 Å². The van der Waals surface area contributed by atoms with Gasteiger partial charge in [0.2, 0.25) is 0 Å². The Hall–Kier alpha value is -3.03. The molecule has 8 nitrogen and oxygen atoms in total. The molecule has 31 heavy (non-hydrogen) atoms. The number of nitrogens with one attached hydrogen (secondary N) is 1. The molecule has 3 amide bonds. The minimum atomic E-state index is -0.636. The van der Waals surface area contributed by atoms with Gasteiger partial charge in [-0.15, -0.1) is 0 Å². The summed E-state index contributed by atoms with van der Waals surface area (Å²) >= 11 is 0. The SMILES string of the molecule is CC(C)C1NC(=O)c2ccoc21.CC(C)C1c2occc2C(=O)N1C(=O)OC(C)(C)C. The lowest BCUT2D eigenvalue weighted by molar-refractivity contribution is 0.0136. The third kappa shape index (κ3) is 4.38. The van der Waals surface area contributed by atoms with Crippen molar-refractivity contribution in [1.82, 2.24) is 10.2 Å². The summed E-state index contributed by atoms with van der Waals surface area (Å²) in [6.07, 6.45) is 2.42. The molecule has 2 aliphatic rings. The maximum atomic E-state index is 12.3. The quantitative estimate of drug-likeness (QED) is 0.712. The van der Waals surface area contributed by atoms with Crippen LogP contribution in [0.5, 0.6) is 0 Å². The Kier molecular flexibility index (Phi) is 6.02. The Labute approximate surface area is 181 Å². The normalized spacial score (nSPS) is 19.8. The van der Waals surface area contributed by atoms with Gasteiger partial charge in [-0.2, -0.15) is 0 Å². The van der Waals surface area contributed by atoms with Gasteiger partial charge in [0.15, 0.2) is 0 Å². The van der Waals surface area contributed by atoms with Crippen LogP contribution >= 0.6 is 0 Å². The van der Waals surface area contributed by atoms with E-state index >= 15 is 0 Å². The number of rotatable bonds is 2. The van der Waals surface area contributed by atoms with Crippen LogP contribution in [0.3, 0.4) is 0 Å². The number of carbonyl (C=O) groups excluding carboxylic acids is 3. The zero-order chi connectivity index (χ0) is 23.1. The first-order valence-corrected chi connectivity index (χ1v) is 10.4. The summed E-state index contributed by atoms with van der Waals surface area (Å²) in [4.78, 5) is 36.9. The Morgan fingerprint density at radius 2 is 1.58 bits per heavy atom. The summed E-state index contributed by atoms with van der Waals surface area (Å²) in [7, 11) is 0. The van der Waals surface area contributed by atoms with Crippen LogP contribution in [-0.4, -0.2) is 28.4 Å². The number of fused-ring (bicyclic) bond motifs is 2. The highest BCUT2D eigenvalue weighted by Crippen LogP contribution is 2.40. The average Bonchev–Trinajstić information content (AvgIpc) is 3.38. The van der Waals surface area contributed by atoms with Crippen molar-refractivity contribution in [3.05, 3.63) is 47.3 Å². The van der Waals surface area contributed by atoms with Gasteiger partial charge in [-0.05, 0) is 44.7 Å². The number of furan rings is 2. The monoisotopic (exact) mass is 430 g/mol. The number of imide groups is 1. The summed E-state index contributed by atoms with van der Waals surface area (Å²) < 4.78 is 15.9. The Balaban J connectivity index is 0.000000194. The molecule has 2 atom stereocenters. The lowest BCUT2D eigenvalue weighted by Crippen LogP contribution is -2.40. The van der Waals surface area contributed by atoms with Gasteiger partial charge in [-0.3, -0.25) is 9.59 Å².